The molecular formula is C15H28N2O2. The Morgan fingerprint density at radius 3 is 2.95 bits per heavy atom. The second-order valence-corrected chi connectivity index (χ2v) is 6.11. The zero-order valence-electron chi connectivity index (χ0n) is 12.1. The first-order valence-corrected chi connectivity index (χ1v) is 7.87. The Labute approximate surface area is 116 Å². The fourth-order valence-electron chi connectivity index (χ4n) is 3.46. The molecule has 0 aromatic rings. The van der Waals surface area contributed by atoms with Crippen molar-refractivity contribution in [2.75, 3.05) is 26.2 Å². The highest BCUT2D eigenvalue weighted by molar-refractivity contribution is 5.82. The Kier molecular flexibility index (Phi) is 5.64. The van der Waals surface area contributed by atoms with E-state index >= 15 is 0 Å². The smallest absolute Gasteiger partial charge is 0.239 e. The summed E-state index contributed by atoms with van der Waals surface area (Å²) >= 11 is 0. The van der Waals surface area contributed by atoms with Crippen LogP contribution >= 0.6 is 0 Å². The molecule has 2 fully saturated rings. The second kappa shape index (κ2) is 7.25. The first-order valence-electron chi connectivity index (χ1n) is 7.87. The average Bonchev–Trinajstić information content (AvgIpc) is 2.47. The molecule has 0 aromatic carbocycles. The molecule has 4 nitrogen and oxygen atoms in total. The molecule has 0 aliphatic carbocycles. The number of aliphatic hydroxyl groups excluding tert-OH is 1. The molecule has 3 unspecified atom stereocenters. The Morgan fingerprint density at radius 1 is 1.37 bits per heavy atom. The minimum Gasteiger partial charge on any atom is -0.396 e. The highest BCUT2D eigenvalue weighted by Gasteiger charge is 2.31. The first-order chi connectivity index (χ1) is 9.24. The quantitative estimate of drug-likeness (QED) is 0.810. The largest absolute Gasteiger partial charge is 0.396 e. The van der Waals surface area contributed by atoms with Crippen LogP contribution in [0.4, 0.5) is 0 Å². The summed E-state index contributed by atoms with van der Waals surface area (Å²) in [5, 5.41) is 12.4. The lowest BCUT2D eigenvalue weighted by molar-refractivity contribution is -0.136. The molecule has 0 radical (unpaired) electrons. The van der Waals surface area contributed by atoms with Gasteiger partial charge in [-0.05, 0) is 50.5 Å². The van der Waals surface area contributed by atoms with E-state index in [4.69, 9.17) is 5.11 Å². The predicted molar refractivity (Wildman–Crippen MR) is 75.8 cm³/mol. The van der Waals surface area contributed by atoms with Crippen LogP contribution in [0.5, 0.6) is 0 Å². The van der Waals surface area contributed by atoms with E-state index in [1.807, 2.05) is 4.90 Å². The summed E-state index contributed by atoms with van der Waals surface area (Å²) < 4.78 is 0. The number of carbonyl (C=O) groups excluding carboxylic acids is 1. The lowest BCUT2D eigenvalue weighted by Crippen LogP contribution is -2.52. The number of aliphatic hydroxyl groups is 1. The summed E-state index contributed by atoms with van der Waals surface area (Å²) in [6.45, 7) is 5.18. The number of likely N-dealkylation sites (tertiary alicyclic amines) is 1. The molecule has 2 N–H and O–H groups in total. The maximum Gasteiger partial charge on any atom is 0.239 e. The third-order valence-corrected chi connectivity index (χ3v) is 4.76. The monoisotopic (exact) mass is 268 g/mol. The Balaban J connectivity index is 1.87. The van der Waals surface area contributed by atoms with Gasteiger partial charge in [0.25, 0.3) is 0 Å². The van der Waals surface area contributed by atoms with Gasteiger partial charge < -0.3 is 15.3 Å². The molecule has 1 amide bonds. The molecule has 2 aliphatic heterocycles. The Morgan fingerprint density at radius 2 is 2.21 bits per heavy atom. The van der Waals surface area contributed by atoms with Gasteiger partial charge in [-0.3, -0.25) is 4.79 Å². The highest BCUT2D eigenvalue weighted by Crippen LogP contribution is 2.24. The van der Waals surface area contributed by atoms with Crippen molar-refractivity contribution in [3.8, 4) is 0 Å². The summed E-state index contributed by atoms with van der Waals surface area (Å²) in [4.78, 5) is 14.6. The van der Waals surface area contributed by atoms with E-state index in [1.165, 1.54) is 12.8 Å². The summed E-state index contributed by atoms with van der Waals surface area (Å²) in [7, 11) is 0. The van der Waals surface area contributed by atoms with Gasteiger partial charge in [-0.25, -0.2) is 0 Å². The van der Waals surface area contributed by atoms with Gasteiger partial charge in [-0.15, -0.1) is 0 Å². The zero-order valence-corrected chi connectivity index (χ0v) is 12.1. The maximum absolute atomic E-state index is 12.6. The molecule has 2 heterocycles. The number of carbonyl (C=O) groups is 1. The van der Waals surface area contributed by atoms with Crippen LogP contribution in [0.15, 0.2) is 0 Å². The molecule has 0 saturated carbocycles. The van der Waals surface area contributed by atoms with Gasteiger partial charge in [0.2, 0.25) is 5.91 Å². The third kappa shape index (κ3) is 3.93. The van der Waals surface area contributed by atoms with Crippen LogP contribution in [0, 0.1) is 11.8 Å². The summed E-state index contributed by atoms with van der Waals surface area (Å²) in [6.07, 6.45) is 6.45. The molecule has 110 valence electrons. The number of amides is 1. The minimum absolute atomic E-state index is 0.0339. The van der Waals surface area contributed by atoms with Gasteiger partial charge in [-0.1, -0.05) is 13.3 Å². The highest BCUT2D eigenvalue weighted by atomic mass is 16.3. The Bertz CT molecular complexity index is 294. The maximum atomic E-state index is 12.6. The lowest BCUT2D eigenvalue weighted by Gasteiger charge is -2.37. The van der Waals surface area contributed by atoms with Gasteiger partial charge in [0.05, 0.1) is 6.04 Å². The fraction of sp³-hybridized carbons (Fsp3) is 0.933. The van der Waals surface area contributed by atoms with Crippen LogP contribution in [-0.4, -0.2) is 48.2 Å². The van der Waals surface area contributed by atoms with Crippen LogP contribution in [-0.2, 0) is 4.79 Å². The number of hydrogen-bond donors (Lipinski definition) is 2. The normalized spacial score (nSPS) is 32.3. The van der Waals surface area contributed by atoms with E-state index in [-0.39, 0.29) is 12.6 Å². The number of nitrogens with one attached hydrogen (secondary N) is 1. The molecule has 19 heavy (non-hydrogen) atoms. The van der Waals surface area contributed by atoms with E-state index in [9.17, 15) is 4.79 Å². The van der Waals surface area contributed by atoms with Crippen molar-refractivity contribution in [2.45, 2.75) is 51.5 Å². The second-order valence-electron chi connectivity index (χ2n) is 6.11. The van der Waals surface area contributed by atoms with Crippen molar-refractivity contribution in [3.63, 3.8) is 0 Å². The summed E-state index contributed by atoms with van der Waals surface area (Å²) in [5.74, 6) is 1.49. The molecule has 2 aliphatic rings. The van der Waals surface area contributed by atoms with Crippen molar-refractivity contribution in [1.29, 1.82) is 0 Å². The minimum atomic E-state index is 0.0339. The van der Waals surface area contributed by atoms with E-state index < -0.39 is 0 Å². The van der Waals surface area contributed by atoms with Gasteiger partial charge in [0.1, 0.15) is 0 Å². The number of nitrogens with zero attached hydrogens (tertiary/aromatic N) is 1. The lowest BCUT2D eigenvalue weighted by atomic mass is 9.89. The summed E-state index contributed by atoms with van der Waals surface area (Å²) in [6, 6.07) is 0.0339. The van der Waals surface area contributed by atoms with Crippen molar-refractivity contribution in [2.24, 2.45) is 11.8 Å². The van der Waals surface area contributed by atoms with Gasteiger partial charge >= 0.3 is 0 Å². The molecule has 3 atom stereocenters. The zero-order chi connectivity index (χ0) is 13.7. The molecule has 0 spiro atoms. The van der Waals surface area contributed by atoms with Crippen molar-refractivity contribution < 1.29 is 9.90 Å². The average molecular weight is 268 g/mol. The number of piperidine rings is 2. The predicted octanol–water partition coefficient (Wildman–Crippen LogP) is 1.39. The van der Waals surface area contributed by atoms with Crippen LogP contribution < -0.4 is 5.32 Å². The molecular weight excluding hydrogens is 240 g/mol. The number of rotatable bonds is 4. The Hall–Kier alpha value is -0.610. The summed E-state index contributed by atoms with van der Waals surface area (Å²) in [5.41, 5.74) is 0. The van der Waals surface area contributed by atoms with Gasteiger partial charge in [0.15, 0.2) is 0 Å². The van der Waals surface area contributed by atoms with Crippen LogP contribution in [0.3, 0.4) is 0 Å². The van der Waals surface area contributed by atoms with Crippen LogP contribution in [0.25, 0.3) is 0 Å². The standard InChI is InChI=1S/C15H28N2O2/c1-2-12-5-7-16-14(10-12)15(19)17-8-3-4-13(11-17)6-9-18/h12-14,16,18H,2-11H2,1H3. The van der Waals surface area contributed by atoms with Crippen LogP contribution in [0.2, 0.25) is 0 Å². The van der Waals surface area contributed by atoms with Crippen molar-refractivity contribution in [1.82, 2.24) is 10.2 Å². The topological polar surface area (TPSA) is 52.6 Å². The van der Waals surface area contributed by atoms with E-state index in [2.05, 4.69) is 12.2 Å². The molecule has 2 saturated heterocycles. The van der Waals surface area contributed by atoms with Gasteiger partial charge in [-0.2, -0.15) is 0 Å². The molecule has 4 heteroatoms. The van der Waals surface area contributed by atoms with E-state index in [0.717, 1.165) is 45.3 Å². The van der Waals surface area contributed by atoms with E-state index in [1.54, 1.807) is 0 Å². The van der Waals surface area contributed by atoms with E-state index in [0.29, 0.717) is 17.7 Å². The molecule has 0 bridgehead atoms. The first kappa shape index (κ1) is 14.8. The van der Waals surface area contributed by atoms with Crippen molar-refractivity contribution >= 4 is 5.91 Å². The van der Waals surface area contributed by atoms with Crippen molar-refractivity contribution in [3.05, 3.63) is 0 Å². The number of hydrogen-bond acceptors (Lipinski definition) is 3. The third-order valence-electron chi connectivity index (χ3n) is 4.76. The van der Waals surface area contributed by atoms with Crippen LogP contribution in [0.1, 0.15) is 45.4 Å². The molecule has 0 aromatic heterocycles. The SMILES string of the molecule is CCC1CCNC(C(=O)N2CCCC(CCO)C2)C1. The fourth-order valence-corrected chi connectivity index (χ4v) is 3.46. The molecule has 2 rings (SSSR count). The van der Waals surface area contributed by atoms with Gasteiger partial charge in [0, 0.05) is 19.7 Å².